The van der Waals surface area contributed by atoms with Crippen molar-refractivity contribution >= 4 is 35.8 Å². The molecule has 4 heteroatoms. The van der Waals surface area contributed by atoms with Crippen molar-refractivity contribution in [3.8, 4) is 0 Å². The molecule has 0 spiro atoms. The lowest BCUT2D eigenvalue weighted by Gasteiger charge is -2.10. The predicted molar refractivity (Wildman–Crippen MR) is 64.1 cm³/mol. The van der Waals surface area contributed by atoms with Crippen LogP contribution in [-0.2, 0) is 0 Å². The van der Waals surface area contributed by atoms with E-state index >= 15 is 0 Å². The molecule has 0 aliphatic carbocycles. The third kappa shape index (κ3) is 1.61. The summed E-state index contributed by atoms with van der Waals surface area (Å²) in [6.45, 7) is 5.73. The van der Waals surface area contributed by atoms with Crippen LogP contribution in [0.4, 0.5) is 0 Å². The molecule has 0 saturated heterocycles. The monoisotopic (exact) mass is 216 g/mol. The highest BCUT2D eigenvalue weighted by atomic mass is 35.5. The van der Waals surface area contributed by atoms with Gasteiger partial charge in [0.2, 0.25) is 0 Å². The second-order valence-corrected chi connectivity index (χ2v) is 4.05. The Bertz CT molecular complexity index is 552. The molecule has 2 rings (SSSR count). The molecule has 0 aliphatic rings. The Morgan fingerprint density at radius 2 is 1.87 bits per heavy atom. The number of hydrogen-bond donors (Lipinski definition) is 0. The van der Waals surface area contributed by atoms with Crippen LogP contribution in [0.2, 0.25) is 5.15 Å². The van der Waals surface area contributed by atoms with Gasteiger partial charge in [0, 0.05) is 5.39 Å². The SMILES string of the molecule is [B]c1c(C)cc2c(Cl)nc(C)nc2c1C. The van der Waals surface area contributed by atoms with E-state index in [4.69, 9.17) is 19.4 Å². The Morgan fingerprint density at radius 1 is 1.20 bits per heavy atom. The fraction of sp³-hybridized carbons (Fsp3) is 0.273. The maximum Gasteiger partial charge on any atom is 0.140 e. The van der Waals surface area contributed by atoms with E-state index < -0.39 is 0 Å². The summed E-state index contributed by atoms with van der Waals surface area (Å²) in [6, 6.07) is 1.93. The van der Waals surface area contributed by atoms with Crippen molar-refractivity contribution in [3.63, 3.8) is 0 Å². The largest absolute Gasteiger partial charge is 0.233 e. The minimum atomic E-state index is 0.490. The fourth-order valence-electron chi connectivity index (χ4n) is 1.68. The van der Waals surface area contributed by atoms with Gasteiger partial charge >= 0.3 is 0 Å². The molecule has 2 aromatic rings. The second-order valence-electron chi connectivity index (χ2n) is 3.69. The molecule has 0 unspecified atom stereocenters. The standard InChI is InChI=1S/C11H10BClN2/c1-5-4-8-10(6(2)9(5)12)14-7(3)15-11(8)13/h4H,1-3H3. The Hall–Kier alpha value is -1.09. The lowest BCUT2D eigenvalue weighted by atomic mass is 9.85. The maximum atomic E-state index is 6.07. The average Bonchev–Trinajstić information content (AvgIpc) is 2.17. The molecule has 1 heterocycles. The summed E-state index contributed by atoms with van der Waals surface area (Å²) >= 11 is 6.07. The van der Waals surface area contributed by atoms with Crippen molar-refractivity contribution in [1.82, 2.24) is 9.97 Å². The quantitative estimate of drug-likeness (QED) is 0.497. The van der Waals surface area contributed by atoms with Gasteiger partial charge in [-0.3, -0.25) is 0 Å². The van der Waals surface area contributed by atoms with Gasteiger partial charge in [-0.15, -0.1) is 0 Å². The Labute approximate surface area is 95.1 Å². The van der Waals surface area contributed by atoms with Gasteiger partial charge < -0.3 is 0 Å². The average molecular weight is 216 g/mol. The summed E-state index contributed by atoms with van der Waals surface area (Å²) in [7, 11) is 5.94. The first-order chi connectivity index (χ1) is 7.00. The molecule has 74 valence electrons. The topological polar surface area (TPSA) is 25.8 Å². The molecule has 0 amide bonds. The second kappa shape index (κ2) is 3.49. The molecule has 0 atom stereocenters. The maximum absolute atomic E-state index is 6.07. The van der Waals surface area contributed by atoms with Crippen molar-refractivity contribution in [2.75, 3.05) is 0 Å². The summed E-state index contributed by atoms with van der Waals surface area (Å²) in [4.78, 5) is 8.49. The van der Waals surface area contributed by atoms with Crippen molar-refractivity contribution in [3.05, 3.63) is 28.2 Å². The van der Waals surface area contributed by atoms with E-state index in [-0.39, 0.29) is 0 Å². The van der Waals surface area contributed by atoms with E-state index in [2.05, 4.69) is 9.97 Å². The lowest BCUT2D eigenvalue weighted by molar-refractivity contribution is 1.09. The zero-order valence-corrected chi connectivity index (χ0v) is 9.68. The number of benzene rings is 1. The van der Waals surface area contributed by atoms with E-state index in [1.807, 2.05) is 26.8 Å². The highest BCUT2D eigenvalue weighted by molar-refractivity contribution is 6.37. The number of nitrogens with zero attached hydrogens (tertiary/aromatic N) is 2. The molecule has 2 nitrogen and oxygen atoms in total. The van der Waals surface area contributed by atoms with Crippen molar-refractivity contribution in [1.29, 1.82) is 0 Å². The number of fused-ring (bicyclic) bond motifs is 1. The van der Waals surface area contributed by atoms with Crippen molar-refractivity contribution < 1.29 is 0 Å². The van der Waals surface area contributed by atoms with E-state index in [1.165, 1.54) is 0 Å². The molecular formula is C11H10BClN2. The molecule has 0 fully saturated rings. The molecule has 0 saturated carbocycles. The molecule has 0 N–H and O–H groups in total. The summed E-state index contributed by atoms with van der Waals surface area (Å²) in [5.41, 5.74) is 3.60. The summed E-state index contributed by atoms with van der Waals surface area (Å²) in [6.07, 6.45) is 0. The summed E-state index contributed by atoms with van der Waals surface area (Å²) in [5.74, 6) is 0.666. The highest BCUT2D eigenvalue weighted by Crippen LogP contribution is 2.23. The number of rotatable bonds is 0. The van der Waals surface area contributed by atoms with Gasteiger partial charge in [0.15, 0.2) is 0 Å². The Kier molecular flexibility index (Phi) is 2.43. The zero-order chi connectivity index (χ0) is 11.2. The number of halogens is 1. The van der Waals surface area contributed by atoms with Gasteiger partial charge in [0.05, 0.1) is 5.52 Å². The van der Waals surface area contributed by atoms with E-state index in [9.17, 15) is 0 Å². The summed E-state index contributed by atoms with van der Waals surface area (Å²) in [5, 5.41) is 1.36. The van der Waals surface area contributed by atoms with Crippen LogP contribution in [0.25, 0.3) is 10.9 Å². The van der Waals surface area contributed by atoms with Crippen LogP contribution in [0.5, 0.6) is 0 Å². The van der Waals surface area contributed by atoms with Crippen molar-refractivity contribution in [2.45, 2.75) is 20.8 Å². The minimum Gasteiger partial charge on any atom is -0.233 e. The Morgan fingerprint density at radius 3 is 2.53 bits per heavy atom. The molecule has 0 aliphatic heterocycles. The molecule has 1 aromatic carbocycles. The minimum absolute atomic E-state index is 0.490. The van der Waals surface area contributed by atoms with Gasteiger partial charge in [-0.1, -0.05) is 22.6 Å². The van der Waals surface area contributed by atoms with Crippen LogP contribution in [0.3, 0.4) is 0 Å². The first kappa shape index (κ1) is 10.4. The van der Waals surface area contributed by atoms with Crippen molar-refractivity contribution in [2.24, 2.45) is 0 Å². The normalized spacial score (nSPS) is 10.9. The van der Waals surface area contributed by atoms with Gasteiger partial charge in [0.25, 0.3) is 0 Å². The highest BCUT2D eigenvalue weighted by Gasteiger charge is 2.09. The zero-order valence-electron chi connectivity index (χ0n) is 8.93. The van der Waals surface area contributed by atoms with Gasteiger partial charge in [-0.05, 0) is 32.4 Å². The van der Waals surface area contributed by atoms with Gasteiger partial charge in [0.1, 0.15) is 18.8 Å². The number of aryl methyl sites for hydroxylation is 3. The van der Waals surface area contributed by atoms with Crippen LogP contribution >= 0.6 is 11.6 Å². The first-order valence-corrected chi connectivity index (χ1v) is 5.08. The van der Waals surface area contributed by atoms with Crippen LogP contribution in [-0.4, -0.2) is 17.8 Å². The van der Waals surface area contributed by atoms with E-state index in [1.54, 1.807) is 0 Å². The molecular weight excluding hydrogens is 206 g/mol. The molecule has 1 aromatic heterocycles. The molecule has 0 bridgehead atoms. The predicted octanol–water partition coefficient (Wildman–Crippen LogP) is 2.00. The third-order valence-electron chi connectivity index (χ3n) is 2.56. The third-order valence-corrected chi connectivity index (χ3v) is 2.84. The summed E-state index contributed by atoms with van der Waals surface area (Å²) < 4.78 is 0. The molecule has 15 heavy (non-hydrogen) atoms. The van der Waals surface area contributed by atoms with Crippen LogP contribution in [0.1, 0.15) is 17.0 Å². The number of aromatic nitrogens is 2. The van der Waals surface area contributed by atoms with Crippen LogP contribution in [0, 0.1) is 20.8 Å². The number of hydrogen-bond acceptors (Lipinski definition) is 2. The first-order valence-electron chi connectivity index (χ1n) is 4.70. The van der Waals surface area contributed by atoms with E-state index in [0.717, 1.165) is 27.5 Å². The van der Waals surface area contributed by atoms with Crippen LogP contribution in [0.15, 0.2) is 6.07 Å². The molecule has 2 radical (unpaired) electrons. The smallest absolute Gasteiger partial charge is 0.140 e. The fourth-order valence-corrected chi connectivity index (χ4v) is 1.94. The van der Waals surface area contributed by atoms with Gasteiger partial charge in [-0.25, -0.2) is 9.97 Å². The Balaban J connectivity index is 2.98. The van der Waals surface area contributed by atoms with Crippen LogP contribution < -0.4 is 5.46 Å². The lowest BCUT2D eigenvalue weighted by Crippen LogP contribution is -2.13. The van der Waals surface area contributed by atoms with E-state index in [0.29, 0.717) is 11.0 Å². The van der Waals surface area contributed by atoms with Gasteiger partial charge in [-0.2, -0.15) is 0 Å².